The van der Waals surface area contributed by atoms with Crippen molar-refractivity contribution in [3.8, 4) is 0 Å². The number of carbonyl (C=O) groups excluding carboxylic acids is 1. The van der Waals surface area contributed by atoms with E-state index in [0.29, 0.717) is 18.8 Å². The maximum atomic E-state index is 12.3. The summed E-state index contributed by atoms with van der Waals surface area (Å²) in [7, 11) is 0. The van der Waals surface area contributed by atoms with Crippen molar-refractivity contribution >= 4 is 23.5 Å². The third-order valence-corrected chi connectivity index (χ3v) is 4.85. The molecule has 2 rings (SSSR count). The number of oxime groups is 1. The topological polar surface area (TPSA) is 87.7 Å². The van der Waals surface area contributed by atoms with E-state index >= 15 is 0 Å². The molecule has 1 saturated heterocycles. The van der Waals surface area contributed by atoms with Gasteiger partial charge < -0.3 is 16.3 Å². The van der Waals surface area contributed by atoms with Crippen LogP contribution in [0.15, 0.2) is 5.16 Å². The number of hydrogen-bond acceptors (Lipinski definition) is 4. The number of rotatable bonds is 3. The lowest BCUT2D eigenvalue weighted by atomic mass is 9.61. The van der Waals surface area contributed by atoms with Gasteiger partial charge in [0.1, 0.15) is 5.41 Å². The quantitative estimate of drug-likeness (QED) is 0.301. The van der Waals surface area contributed by atoms with Crippen LogP contribution in [-0.2, 0) is 4.79 Å². The van der Waals surface area contributed by atoms with E-state index in [9.17, 15) is 4.79 Å². The minimum atomic E-state index is -0.762. The molecule has 0 spiro atoms. The summed E-state index contributed by atoms with van der Waals surface area (Å²) >= 11 is 1.85. The van der Waals surface area contributed by atoms with Gasteiger partial charge in [0.2, 0.25) is 5.91 Å². The van der Waals surface area contributed by atoms with E-state index in [1.54, 1.807) is 0 Å². The average molecular weight is 257 g/mol. The zero-order valence-electron chi connectivity index (χ0n) is 9.98. The molecule has 4 N–H and O–H groups in total. The van der Waals surface area contributed by atoms with Crippen molar-refractivity contribution in [3.63, 3.8) is 0 Å². The van der Waals surface area contributed by atoms with Gasteiger partial charge in [-0.25, -0.2) is 0 Å². The van der Waals surface area contributed by atoms with Crippen molar-refractivity contribution in [3.05, 3.63) is 0 Å². The van der Waals surface area contributed by atoms with E-state index in [1.807, 2.05) is 11.8 Å². The Morgan fingerprint density at radius 1 is 1.59 bits per heavy atom. The number of amides is 1. The lowest BCUT2D eigenvalue weighted by Gasteiger charge is -2.44. The molecule has 1 unspecified atom stereocenters. The van der Waals surface area contributed by atoms with Crippen LogP contribution in [0.25, 0.3) is 0 Å². The first-order valence-electron chi connectivity index (χ1n) is 5.95. The molecule has 1 saturated carbocycles. The summed E-state index contributed by atoms with van der Waals surface area (Å²) < 4.78 is 0. The molecule has 1 heterocycles. The van der Waals surface area contributed by atoms with Crippen molar-refractivity contribution in [2.45, 2.75) is 32.2 Å². The lowest BCUT2D eigenvalue weighted by molar-refractivity contribution is -0.133. The summed E-state index contributed by atoms with van der Waals surface area (Å²) in [5.41, 5.74) is 4.92. The Hall–Kier alpha value is -0.910. The monoisotopic (exact) mass is 257 g/mol. The highest BCUT2D eigenvalue weighted by atomic mass is 32.2. The molecule has 1 aliphatic carbocycles. The smallest absolute Gasteiger partial charge is 0.234 e. The Balaban J connectivity index is 2.03. The molecular weight excluding hydrogens is 238 g/mol. The predicted molar refractivity (Wildman–Crippen MR) is 68.1 cm³/mol. The summed E-state index contributed by atoms with van der Waals surface area (Å²) in [5, 5.41) is 14.9. The second-order valence-electron chi connectivity index (χ2n) is 5.11. The van der Waals surface area contributed by atoms with Gasteiger partial charge in [0.15, 0.2) is 5.84 Å². The molecule has 0 aromatic rings. The summed E-state index contributed by atoms with van der Waals surface area (Å²) in [5.74, 6) is 2.50. The molecule has 0 radical (unpaired) electrons. The number of nitrogens with one attached hydrogen (secondary N) is 1. The van der Waals surface area contributed by atoms with Crippen molar-refractivity contribution in [2.75, 3.05) is 11.5 Å². The Labute approximate surface area is 105 Å². The highest BCUT2D eigenvalue weighted by molar-refractivity contribution is 7.99. The van der Waals surface area contributed by atoms with Crippen LogP contribution in [0.5, 0.6) is 0 Å². The minimum Gasteiger partial charge on any atom is -0.409 e. The van der Waals surface area contributed by atoms with E-state index in [0.717, 1.165) is 17.9 Å². The van der Waals surface area contributed by atoms with Crippen LogP contribution >= 0.6 is 11.8 Å². The molecule has 0 aromatic carbocycles. The van der Waals surface area contributed by atoms with Crippen molar-refractivity contribution < 1.29 is 10.0 Å². The fourth-order valence-corrected chi connectivity index (χ4v) is 3.86. The standard InChI is InChI=1S/C11H19N3O2S/c1-7-4-11(5-7,9(12)14-16)10(15)13-8-2-3-17-6-8/h7-8,16H,2-6H2,1H3,(H2,12,14)(H,13,15). The number of carbonyl (C=O) groups is 1. The maximum absolute atomic E-state index is 12.3. The van der Waals surface area contributed by atoms with Gasteiger partial charge >= 0.3 is 0 Å². The van der Waals surface area contributed by atoms with Gasteiger partial charge in [0.05, 0.1) is 0 Å². The average Bonchev–Trinajstić information content (AvgIpc) is 2.75. The first-order valence-corrected chi connectivity index (χ1v) is 7.10. The molecule has 1 atom stereocenters. The Kier molecular flexibility index (Phi) is 3.51. The van der Waals surface area contributed by atoms with Gasteiger partial charge in [0.25, 0.3) is 0 Å². The third kappa shape index (κ3) is 2.22. The largest absolute Gasteiger partial charge is 0.409 e. The Morgan fingerprint density at radius 2 is 2.29 bits per heavy atom. The fourth-order valence-electron chi connectivity index (χ4n) is 2.71. The van der Waals surface area contributed by atoms with Crippen molar-refractivity contribution in [1.29, 1.82) is 0 Å². The molecule has 1 amide bonds. The lowest BCUT2D eigenvalue weighted by Crippen LogP contribution is -2.58. The van der Waals surface area contributed by atoms with Crippen LogP contribution in [-0.4, -0.2) is 34.5 Å². The molecule has 5 nitrogen and oxygen atoms in total. The molecular formula is C11H19N3O2S. The van der Waals surface area contributed by atoms with E-state index in [2.05, 4.69) is 17.4 Å². The van der Waals surface area contributed by atoms with Gasteiger partial charge in [-0.1, -0.05) is 12.1 Å². The highest BCUT2D eigenvalue weighted by Crippen LogP contribution is 2.46. The SMILES string of the molecule is CC1CC(C(=O)NC2CCSC2)(C(N)=NO)C1. The maximum Gasteiger partial charge on any atom is 0.234 e. The molecule has 96 valence electrons. The zero-order valence-corrected chi connectivity index (χ0v) is 10.8. The Morgan fingerprint density at radius 3 is 2.76 bits per heavy atom. The highest BCUT2D eigenvalue weighted by Gasteiger charge is 2.52. The number of nitrogens with two attached hydrogens (primary N) is 1. The van der Waals surface area contributed by atoms with Crippen LogP contribution in [0.2, 0.25) is 0 Å². The number of hydrogen-bond donors (Lipinski definition) is 3. The second kappa shape index (κ2) is 4.76. The first kappa shape index (κ1) is 12.5. The number of amidine groups is 1. The van der Waals surface area contributed by atoms with Crippen LogP contribution in [0.4, 0.5) is 0 Å². The van der Waals surface area contributed by atoms with Crippen LogP contribution in [0.1, 0.15) is 26.2 Å². The van der Waals surface area contributed by atoms with Crippen LogP contribution in [0.3, 0.4) is 0 Å². The Bertz CT molecular complexity index is 334. The number of thioether (sulfide) groups is 1. The van der Waals surface area contributed by atoms with E-state index < -0.39 is 5.41 Å². The normalized spacial score (nSPS) is 37.6. The first-order chi connectivity index (χ1) is 8.08. The molecule has 2 fully saturated rings. The van der Waals surface area contributed by atoms with Crippen molar-refractivity contribution in [1.82, 2.24) is 5.32 Å². The molecule has 17 heavy (non-hydrogen) atoms. The van der Waals surface area contributed by atoms with Gasteiger partial charge in [-0.3, -0.25) is 4.79 Å². The zero-order chi connectivity index (χ0) is 12.5. The fraction of sp³-hybridized carbons (Fsp3) is 0.818. The molecule has 0 aromatic heterocycles. The summed E-state index contributed by atoms with van der Waals surface area (Å²) in [6, 6.07) is 0.242. The molecule has 1 aliphatic heterocycles. The van der Waals surface area contributed by atoms with Gasteiger partial charge in [0, 0.05) is 11.8 Å². The summed E-state index contributed by atoms with van der Waals surface area (Å²) in [6.45, 7) is 2.07. The number of nitrogens with zero attached hydrogens (tertiary/aromatic N) is 1. The van der Waals surface area contributed by atoms with Crippen LogP contribution in [0, 0.1) is 11.3 Å². The van der Waals surface area contributed by atoms with Crippen molar-refractivity contribution in [2.24, 2.45) is 22.2 Å². The summed E-state index contributed by atoms with van der Waals surface area (Å²) in [6.07, 6.45) is 2.36. The van der Waals surface area contributed by atoms with E-state index in [1.165, 1.54) is 0 Å². The van der Waals surface area contributed by atoms with Gasteiger partial charge in [-0.15, -0.1) is 0 Å². The van der Waals surface area contributed by atoms with Crippen LogP contribution < -0.4 is 11.1 Å². The van der Waals surface area contributed by atoms with Gasteiger partial charge in [-0.2, -0.15) is 11.8 Å². The molecule has 2 aliphatic rings. The molecule has 6 heteroatoms. The third-order valence-electron chi connectivity index (χ3n) is 3.69. The van der Waals surface area contributed by atoms with E-state index in [-0.39, 0.29) is 17.8 Å². The molecule has 0 bridgehead atoms. The minimum absolute atomic E-state index is 0.0544. The van der Waals surface area contributed by atoms with E-state index in [4.69, 9.17) is 10.9 Å². The predicted octanol–water partition coefficient (Wildman–Crippen LogP) is 0.771. The van der Waals surface area contributed by atoms with Gasteiger partial charge in [-0.05, 0) is 30.9 Å². The second-order valence-corrected chi connectivity index (χ2v) is 6.26. The summed E-state index contributed by atoms with van der Waals surface area (Å²) in [4.78, 5) is 12.3.